The molecule has 4 heterocycles. The summed E-state index contributed by atoms with van der Waals surface area (Å²) >= 11 is 0. The largest absolute Gasteiger partial charge is 0.355 e. The summed E-state index contributed by atoms with van der Waals surface area (Å²) in [5.41, 5.74) is 1.09. The average molecular weight is 328 g/mol. The summed E-state index contributed by atoms with van der Waals surface area (Å²) in [6.07, 6.45) is 7.74. The molecular weight excluding hydrogens is 300 g/mol. The molecule has 0 unspecified atom stereocenters. The summed E-state index contributed by atoms with van der Waals surface area (Å²) in [6, 6.07) is 4.25. The van der Waals surface area contributed by atoms with Crippen LogP contribution in [0.2, 0.25) is 0 Å². The Labute approximate surface area is 143 Å². The van der Waals surface area contributed by atoms with E-state index in [0.717, 1.165) is 36.8 Å². The summed E-state index contributed by atoms with van der Waals surface area (Å²) in [7, 11) is 0. The molecule has 0 bridgehead atoms. The first-order valence-electron chi connectivity index (χ1n) is 9.39. The van der Waals surface area contributed by atoms with Gasteiger partial charge in [0.1, 0.15) is 12.1 Å². The zero-order valence-electron chi connectivity index (χ0n) is 15.0. The highest BCUT2D eigenvalue weighted by Gasteiger charge is 2.35. The first-order chi connectivity index (χ1) is 11.7. The summed E-state index contributed by atoms with van der Waals surface area (Å²) in [6.45, 7) is 9.09. The van der Waals surface area contributed by atoms with Crippen LogP contribution in [0, 0.1) is 0 Å². The molecule has 2 aromatic heterocycles. The van der Waals surface area contributed by atoms with E-state index in [9.17, 15) is 0 Å². The van der Waals surface area contributed by atoms with Gasteiger partial charge in [0.05, 0.1) is 0 Å². The summed E-state index contributed by atoms with van der Waals surface area (Å²) in [5.74, 6) is 1.87. The van der Waals surface area contributed by atoms with Gasteiger partial charge in [-0.25, -0.2) is 4.98 Å². The quantitative estimate of drug-likeness (QED) is 0.866. The van der Waals surface area contributed by atoms with E-state index in [1.807, 2.05) is 4.52 Å². The number of hydrogen-bond donors (Lipinski definition) is 0. The monoisotopic (exact) mass is 328 g/mol. The van der Waals surface area contributed by atoms with Gasteiger partial charge in [-0.3, -0.25) is 4.90 Å². The minimum atomic E-state index is 0.642. The smallest absolute Gasteiger partial charge is 0.254 e. The Hall–Kier alpha value is -1.69. The van der Waals surface area contributed by atoms with Crippen molar-refractivity contribution in [3.05, 3.63) is 18.1 Å². The van der Waals surface area contributed by atoms with Crippen molar-refractivity contribution < 1.29 is 0 Å². The Balaban J connectivity index is 1.63. The highest BCUT2D eigenvalue weighted by molar-refractivity contribution is 5.48. The molecule has 130 valence electrons. The number of fused-ring (bicyclic) bond motifs is 1. The van der Waals surface area contributed by atoms with Gasteiger partial charge in [-0.2, -0.15) is 14.6 Å². The molecule has 24 heavy (non-hydrogen) atoms. The van der Waals surface area contributed by atoms with E-state index in [1.54, 1.807) is 6.33 Å². The van der Waals surface area contributed by atoms with Gasteiger partial charge in [-0.15, -0.1) is 0 Å². The number of rotatable bonds is 3. The lowest BCUT2D eigenvalue weighted by molar-refractivity contribution is 0.129. The van der Waals surface area contributed by atoms with Crippen molar-refractivity contribution in [3.63, 3.8) is 0 Å². The molecule has 0 saturated carbocycles. The fourth-order valence-electron chi connectivity index (χ4n) is 4.59. The first-order valence-corrected chi connectivity index (χ1v) is 9.39. The second-order valence-corrected chi connectivity index (χ2v) is 7.40. The number of aryl methyl sites for hydroxylation is 1. The van der Waals surface area contributed by atoms with Crippen LogP contribution in [0.1, 0.15) is 52.1 Å². The van der Waals surface area contributed by atoms with Gasteiger partial charge in [-0.1, -0.05) is 6.92 Å². The van der Waals surface area contributed by atoms with E-state index in [2.05, 4.69) is 51.7 Å². The second kappa shape index (κ2) is 6.31. The van der Waals surface area contributed by atoms with Crippen molar-refractivity contribution in [1.29, 1.82) is 0 Å². The van der Waals surface area contributed by atoms with E-state index in [1.165, 1.54) is 25.7 Å². The molecule has 0 radical (unpaired) electrons. The molecule has 3 atom stereocenters. The zero-order valence-corrected chi connectivity index (χ0v) is 15.0. The molecule has 2 aliphatic rings. The number of hydrogen-bond acceptors (Lipinski definition) is 5. The van der Waals surface area contributed by atoms with Crippen LogP contribution in [0.4, 0.5) is 5.82 Å². The summed E-state index contributed by atoms with van der Waals surface area (Å²) in [4.78, 5) is 14.1. The van der Waals surface area contributed by atoms with Gasteiger partial charge in [0, 0.05) is 43.0 Å². The van der Waals surface area contributed by atoms with Crippen LogP contribution in [0.25, 0.3) is 5.78 Å². The third-order valence-corrected chi connectivity index (χ3v) is 5.81. The van der Waals surface area contributed by atoms with Crippen LogP contribution in [0.5, 0.6) is 0 Å². The van der Waals surface area contributed by atoms with Crippen LogP contribution in [0.3, 0.4) is 0 Å². The van der Waals surface area contributed by atoms with Crippen molar-refractivity contribution in [3.8, 4) is 0 Å². The topological polar surface area (TPSA) is 49.6 Å². The van der Waals surface area contributed by atoms with Crippen molar-refractivity contribution in [2.24, 2.45) is 0 Å². The maximum absolute atomic E-state index is 4.58. The second-order valence-electron chi connectivity index (χ2n) is 7.40. The number of piperidine rings is 1. The number of anilines is 1. The molecule has 2 saturated heterocycles. The van der Waals surface area contributed by atoms with Crippen molar-refractivity contribution in [2.75, 3.05) is 18.0 Å². The SMILES string of the molecule is CCc1cc(N2CCC[C@@H](N3[C@H](C)CC[C@@H]3C)C2)n2ncnc2n1. The van der Waals surface area contributed by atoms with Crippen molar-refractivity contribution in [2.45, 2.75) is 71.0 Å². The van der Waals surface area contributed by atoms with Gasteiger partial charge in [0.2, 0.25) is 0 Å². The van der Waals surface area contributed by atoms with E-state index < -0.39 is 0 Å². The molecular formula is C18H28N6. The molecule has 4 rings (SSSR count). The molecule has 0 aromatic carbocycles. The van der Waals surface area contributed by atoms with Gasteiger partial charge < -0.3 is 4.90 Å². The van der Waals surface area contributed by atoms with Crippen molar-refractivity contribution >= 4 is 11.6 Å². The maximum Gasteiger partial charge on any atom is 0.254 e. The highest BCUT2D eigenvalue weighted by Crippen LogP contribution is 2.31. The van der Waals surface area contributed by atoms with Gasteiger partial charge >= 0.3 is 0 Å². The van der Waals surface area contributed by atoms with Crippen LogP contribution in [-0.4, -0.2) is 55.7 Å². The lowest BCUT2D eigenvalue weighted by atomic mass is 10.0. The molecule has 0 spiro atoms. The predicted octanol–water partition coefficient (Wildman–Crippen LogP) is 2.53. The van der Waals surface area contributed by atoms with E-state index >= 15 is 0 Å². The lowest BCUT2D eigenvalue weighted by Crippen LogP contribution is -2.51. The summed E-state index contributed by atoms with van der Waals surface area (Å²) in [5, 5.41) is 4.41. The Morgan fingerprint density at radius 1 is 1.17 bits per heavy atom. The highest BCUT2D eigenvalue weighted by atomic mass is 15.4. The number of aromatic nitrogens is 4. The molecule has 0 aliphatic carbocycles. The summed E-state index contributed by atoms with van der Waals surface area (Å²) < 4.78 is 1.90. The van der Waals surface area contributed by atoms with E-state index in [0.29, 0.717) is 18.1 Å². The molecule has 0 amide bonds. The lowest BCUT2D eigenvalue weighted by Gasteiger charge is -2.42. The fraction of sp³-hybridized carbons (Fsp3) is 0.722. The standard InChI is InChI=1S/C18H28N6/c1-4-15-10-17(24-18(21-15)19-12-20-24)22-9-5-6-16(11-22)23-13(2)7-8-14(23)3/h10,12-14,16H,4-9,11H2,1-3H3/t13-,14+,16-/m1/s1. The maximum atomic E-state index is 4.58. The fourth-order valence-corrected chi connectivity index (χ4v) is 4.59. The average Bonchev–Trinajstić information content (AvgIpc) is 3.20. The Kier molecular flexibility index (Phi) is 4.16. The van der Waals surface area contributed by atoms with Crippen LogP contribution in [0.15, 0.2) is 12.4 Å². The normalized spacial score (nSPS) is 28.8. The van der Waals surface area contributed by atoms with Crippen LogP contribution in [-0.2, 0) is 6.42 Å². The molecule has 0 N–H and O–H groups in total. The minimum absolute atomic E-state index is 0.642. The van der Waals surface area contributed by atoms with E-state index in [4.69, 9.17) is 0 Å². The van der Waals surface area contributed by atoms with Gasteiger partial charge in [-0.05, 0) is 46.0 Å². The third-order valence-electron chi connectivity index (χ3n) is 5.81. The van der Waals surface area contributed by atoms with Crippen LogP contribution >= 0.6 is 0 Å². The van der Waals surface area contributed by atoms with Gasteiger partial charge in [0.15, 0.2) is 0 Å². The molecule has 6 nitrogen and oxygen atoms in total. The predicted molar refractivity (Wildman–Crippen MR) is 95.4 cm³/mol. The van der Waals surface area contributed by atoms with Crippen molar-refractivity contribution in [1.82, 2.24) is 24.5 Å². The zero-order chi connectivity index (χ0) is 16.7. The first kappa shape index (κ1) is 15.8. The Morgan fingerprint density at radius 2 is 1.96 bits per heavy atom. The molecule has 2 aromatic rings. The van der Waals surface area contributed by atoms with Gasteiger partial charge in [0.25, 0.3) is 5.78 Å². The Bertz CT molecular complexity index is 701. The molecule has 2 aliphatic heterocycles. The molecule has 6 heteroatoms. The third kappa shape index (κ3) is 2.66. The number of likely N-dealkylation sites (tertiary alicyclic amines) is 1. The van der Waals surface area contributed by atoms with Crippen LogP contribution < -0.4 is 4.90 Å². The Morgan fingerprint density at radius 3 is 2.71 bits per heavy atom. The van der Waals surface area contributed by atoms with E-state index in [-0.39, 0.29) is 0 Å². The molecule has 2 fully saturated rings. The number of nitrogens with zero attached hydrogens (tertiary/aromatic N) is 6. The minimum Gasteiger partial charge on any atom is -0.355 e.